The van der Waals surface area contributed by atoms with E-state index in [0.29, 0.717) is 11.3 Å². The molecule has 0 aromatic heterocycles. The average Bonchev–Trinajstić information content (AvgIpc) is 2.52. The molecule has 2 bridgehead atoms. The van der Waals surface area contributed by atoms with Gasteiger partial charge in [0.1, 0.15) is 0 Å². The molecule has 0 aromatic carbocycles. The van der Waals surface area contributed by atoms with Crippen LogP contribution in [0.15, 0.2) is 11.6 Å². The van der Waals surface area contributed by atoms with Crippen molar-refractivity contribution in [2.24, 2.45) is 23.2 Å². The SMILES string of the molecule is CC(=O)/C=C1/CC2CC1C(C)C2(C)C. The van der Waals surface area contributed by atoms with Crippen molar-refractivity contribution in [3.63, 3.8) is 0 Å². The van der Waals surface area contributed by atoms with Crippen LogP contribution < -0.4 is 0 Å². The lowest BCUT2D eigenvalue weighted by molar-refractivity contribution is -0.112. The third-order valence-electron chi connectivity index (χ3n) is 4.71. The molecular weight excluding hydrogens is 172 g/mol. The highest BCUT2D eigenvalue weighted by Crippen LogP contribution is 2.61. The Labute approximate surface area is 86.6 Å². The number of allylic oxidation sites excluding steroid dienone is 2. The standard InChI is InChI=1S/C13H20O/c1-8(14)5-10-6-11-7-12(10)9(2)13(11,3)4/h5,9,11-12H,6-7H2,1-4H3/b10-5-. The highest BCUT2D eigenvalue weighted by Gasteiger charge is 2.52. The van der Waals surface area contributed by atoms with Crippen LogP contribution in [0.4, 0.5) is 0 Å². The normalized spacial score (nSPS) is 42.0. The Morgan fingerprint density at radius 2 is 2.14 bits per heavy atom. The molecule has 1 nitrogen and oxygen atoms in total. The predicted octanol–water partition coefficient (Wildman–Crippen LogP) is 3.20. The van der Waals surface area contributed by atoms with Crippen molar-refractivity contribution in [1.82, 2.24) is 0 Å². The maximum Gasteiger partial charge on any atom is 0.152 e. The van der Waals surface area contributed by atoms with E-state index in [1.165, 1.54) is 18.4 Å². The zero-order chi connectivity index (χ0) is 10.5. The molecule has 3 atom stereocenters. The van der Waals surface area contributed by atoms with Crippen LogP contribution in [0.25, 0.3) is 0 Å². The minimum atomic E-state index is 0.220. The van der Waals surface area contributed by atoms with Crippen molar-refractivity contribution in [2.45, 2.75) is 40.5 Å². The van der Waals surface area contributed by atoms with Gasteiger partial charge in [0, 0.05) is 0 Å². The second kappa shape index (κ2) is 2.95. The average molecular weight is 192 g/mol. The van der Waals surface area contributed by atoms with Gasteiger partial charge in [-0.15, -0.1) is 0 Å². The number of carbonyl (C=O) groups is 1. The van der Waals surface area contributed by atoms with Crippen LogP contribution in [0.1, 0.15) is 40.5 Å². The minimum Gasteiger partial charge on any atom is -0.295 e. The fraction of sp³-hybridized carbons (Fsp3) is 0.769. The second-order valence-corrected chi connectivity index (χ2v) is 5.68. The van der Waals surface area contributed by atoms with Gasteiger partial charge in [0.25, 0.3) is 0 Å². The molecule has 0 aromatic rings. The van der Waals surface area contributed by atoms with Gasteiger partial charge in [-0.1, -0.05) is 26.3 Å². The molecule has 14 heavy (non-hydrogen) atoms. The van der Waals surface area contributed by atoms with E-state index >= 15 is 0 Å². The first-order valence-corrected chi connectivity index (χ1v) is 5.64. The van der Waals surface area contributed by atoms with E-state index < -0.39 is 0 Å². The van der Waals surface area contributed by atoms with E-state index in [1.54, 1.807) is 6.92 Å². The molecule has 2 fully saturated rings. The number of fused-ring (bicyclic) bond motifs is 2. The third kappa shape index (κ3) is 1.25. The summed E-state index contributed by atoms with van der Waals surface area (Å²) in [6.07, 6.45) is 4.37. The third-order valence-corrected chi connectivity index (χ3v) is 4.71. The molecule has 1 heteroatoms. The summed E-state index contributed by atoms with van der Waals surface area (Å²) in [5, 5.41) is 0. The van der Waals surface area contributed by atoms with Crippen molar-refractivity contribution in [2.75, 3.05) is 0 Å². The quantitative estimate of drug-likeness (QED) is 0.583. The van der Waals surface area contributed by atoms with Gasteiger partial charge in [-0.25, -0.2) is 0 Å². The Hall–Kier alpha value is -0.590. The lowest BCUT2D eigenvalue weighted by Crippen LogP contribution is -2.29. The lowest BCUT2D eigenvalue weighted by atomic mass is 9.68. The number of ketones is 1. The molecule has 3 unspecified atom stereocenters. The van der Waals surface area contributed by atoms with Crippen LogP contribution in [0.5, 0.6) is 0 Å². The summed E-state index contributed by atoms with van der Waals surface area (Å²) in [5.41, 5.74) is 1.91. The molecule has 78 valence electrons. The molecule has 0 aliphatic heterocycles. The highest BCUT2D eigenvalue weighted by molar-refractivity contribution is 5.88. The smallest absolute Gasteiger partial charge is 0.152 e. The van der Waals surface area contributed by atoms with Gasteiger partial charge in [-0.3, -0.25) is 4.79 Å². The zero-order valence-corrected chi connectivity index (χ0v) is 9.63. The molecular formula is C13H20O. The molecule has 2 saturated carbocycles. The largest absolute Gasteiger partial charge is 0.295 e. The number of hydrogen-bond acceptors (Lipinski definition) is 1. The van der Waals surface area contributed by atoms with Crippen molar-refractivity contribution in [3.8, 4) is 0 Å². The summed E-state index contributed by atoms with van der Waals surface area (Å²) in [7, 11) is 0. The van der Waals surface area contributed by atoms with E-state index in [9.17, 15) is 4.79 Å². The van der Waals surface area contributed by atoms with E-state index in [2.05, 4.69) is 20.8 Å². The van der Waals surface area contributed by atoms with Crippen LogP contribution >= 0.6 is 0 Å². The van der Waals surface area contributed by atoms with E-state index in [0.717, 1.165) is 11.8 Å². The van der Waals surface area contributed by atoms with Crippen LogP contribution in [0.2, 0.25) is 0 Å². The Morgan fingerprint density at radius 1 is 1.50 bits per heavy atom. The highest BCUT2D eigenvalue weighted by atomic mass is 16.1. The first-order valence-electron chi connectivity index (χ1n) is 5.64. The molecule has 2 aliphatic carbocycles. The van der Waals surface area contributed by atoms with Crippen molar-refractivity contribution in [3.05, 3.63) is 11.6 Å². The predicted molar refractivity (Wildman–Crippen MR) is 57.9 cm³/mol. The monoisotopic (exact) mass is 192 g/mol. The topological polar surface area (TPSA) is 17.1 Å². The van der Waals surface area contributed by atoms with Crippen molar-refractivity contribution < 1.29 is 4.79 Å². The Morgan fingerprint density at radius 3 is 2.57 bits per heavy atom. The van der Waals surface area contributed by atoms with E-state index in [4.69, 9.17) is 0 Å². The Bertz CT molecular complexity index is 294. The summed E-state index contributed by atoms with van der Waals surface area (Å²) in [5.74, 6) is 2.47. The first kappa shape index (κ1) is 9.95. The fourth-order valence-electron chi connectivity index (χ4n) is 3.39. The van der Waals surface area contributed by atoms with Crippen LogP contribution in [0.3, 0.4) is 0 Å². The van der Waals surface area contributed by atoms with Gasteiger partial charge >= 0.3 is 0 Å². The molecule has 2 aliphatic rings. The Balaban J connectivity index is 2.25. The maximum absolute atomic E-state index is 11.1. The number of carbonyl (C=O) groups excluding carboxylic acids is 1. The van der Waals surface area contributed by atoms with Crippen LogP contribution in [-0.2, 0) is 4.79 Å². The van der Waals surface area contributed by atoms with Gasteiger partial charge in [0.15, 0.2) is 5.78 Å². The van der Waals surface area contributed by atoms with Gasteiger partial charge in [-0.05, 0) is 49.0 Å². The van der Waals surface area contributed by atoms with Crippen LogP contribution in [0, 0.1) is 23.2 Å². The van der Waals surface area contributed by atoms with Gasteiger partial charge in [-0.2, -0.15) is 0 Å². The molecule has 0 heterocycles. The number of hydrogen-bond donors (Lipinski definition) is 0. The zero-order valence-electron chi connectivity index (χ0n) is 9.63. The van der Waals surface area contributed by atoms with Gasteiger partial charge in [0.2, 0.25) is 0 Å². The summed E-state index contributed by atoms with van der Waals surface area (Å²) in [6.45, 7) is 8.77. The van der Waals surface area contributed by atoms with E-state index in [-0.39, 0.29) is 5.78 Å². The van der Waals surface area contributed by atoms with Crippen molar-refractivity contribution in [1.29, 1.82) is 0 Å². The molecule has 0 spiro atoms. The lowest BCUT2D eigenvalue weighted by Gasteiger charge is -2.37. The van der Waals surface area contributed by atoms with Gasteiger partial charge < -0.3 is 0 Å². The molecule has 0 amide bonds. The van der Waals surface area contributed by atoms with Gasteiger partial charge in [0.05, 0.1) is 0 Å². The minimum absolute atomic E-state index is 0.220. The summed E-state index contributed by atoms with van der Waals surface area (Å²) in [4.78, 5) is 11.1. The summed E-state index contributed by atoms with van der Waals surface area (Å²) >= 11 is 0. The Kier molecular flexibility index (Phi) is 2.09. The molecule has 0 N–H and O–H groups in total. The summed E-state index contributed by atoms with van der Waals surface area (Å²) in [6, 6.07) is 0. The molecule has 0 saturated heterocycles. The first-order chi connectivity index (χ1) is 6.43. The van der Waals surface area contributed by atoms with Crippen LogP contribution in [-0.4, -0.2) is 5.78 Å². The molecule has 2 rings (SSSR count). The van der Waals surface area contributed by atoms with E-state index in [1.807, 2.05) is 6.08 Å². The second-order valence-electron chi connectivity index (χ2n) is 5.68. The number of rotatable bonds is 1. The molecule has 0 radical (unpaired) electrons. The fourth-order valence-corrected chi connectivity index (χ4v) is 3.39. The summed E-state index contributed by atoms with van der Waals surface area (Å²) < 4.78 is 0. The maximum atomic E-state index is 11.1. The van der Waals surface area contributed by atoms with Crippen molar-refractivity contribution >= 4 is 5.78 Å².